The molecule has 3 aromatic rings. The molecule has 32 heavy (non-hydrogen) atoms. The number of carbonyl (C=O) groups is 1. The Hall–Kier alpha value is -2.40. The highest BCUT2D eigenvalue weighted by Crippen LogP contribution is 2.37. The Bertz CT molecular complexity index is 1130. The number of rotatable bonds is 4. The third-order valence-corrected chi connectivity index (χ3v) is 6.60. The van der Waals surface area contributed by atoms with Gasteiger partial charge in [0.2, 0.25) is 0 Å². The minimum Gasteiger partial charge on any atom is -0.497 e. The Morgan fingerprint density at radius 1 is 0.938 bits per heavy atom. The van der Waals surface area contributed by atoms with Crippen LogP contribution in [0.5, 0.6) is 5.75 Å². The van der Waals surface area contributed by atoms with Crippen LogP contribution in [0.1, 0.15) is 27.5 Å². The van der Waals surface area contributed by atoms with Gasteiger partial charge in [-0.25, -0.2) is 0 Å². The van der Waals surface area contributed by atoms with Crippen molar-refractivity contribution in [3.63, 3.8) is 0 Å². The number of nitrogens with zero attached hydrogens (tertiary/aromatic N) is 2. The fraction of sp³-hybridized carbons (Fsp3) is 0.240. The van der Waals surface area contributed by atoms with Crippen molar-refractivity contribution >= 4 is 46.4 Å². The van der Waals surface area contributed by atoms with Crippen molar-refractivity contribution in [3.8, 4) is 5.75 Å². The molecular formula is C25H23Cl3N2O2. The van der Waals surface area contributed by atoms with Gasteiger partial charge in [0.05, 0.1) is 23.9 Å². The van der Waals surface area contributed by atoms with E-state index < -0.39 is 0 Å². The van der Waals surface area contributed by atoms with Crippen LogP contribution >= 0.6 is 34.8 Å². The molecule has 0 aliphatic carbocycles. The third-order valence-electron chi connectivity index (χ3n) is 5.81. The molecule has 1 fully saturated rings. The molecule has 1 saturated heterocycles. The standard InChI is InChI=1S/C25H23Cl3N2O2/c1-16-13-20(32-2)8-9-21(16)25(31)29-11-12-30(23-10-7-19(27)14-22(23)28)24(15-29)17-3-5-18(26)6-4-17/h3-10,13-14,24H,11-12,15H2,1-2H3. The molecule has 4 rings (SSSR count). The van der Waals surface area contributed by atoms with Crippen LogP contribution in [0.15, 0.2) is 60.7 Å². The van der Waals surface area contributed by atoms with Crippen molar-refractivity contribution in [2.24, 2.45) is 0 Å². The van der Waals surface area contributed by atoms with E-state index in [2.05, 4.69) is 4.90 Å². The first-order valence-corrected chi connectivity index (χ1v) is 11.4. The molecule has 1 unspecified atom stereocenters. The summed E-state index contributed by atoms with van der Waals surface area (Å²) in [6.45, 7) is 3.66. The summed E-state index contributed by atoms with van der Waals surface area (Å²) in [4.78, 5) is 17.5. The summed E-state index contributed by atoms with van der Waals surface area (Å²) in [5.41, 5.74) is 3.52. The average Bonchev–Trinajstić information content (AvgIpc) is 2.79. The fourth-order valence-corrected chi connectivity index (χ4v) is 4.76. The molecule has 166 valence electrons. The molecule has 1 aliphatic heterocycles. The number of amides is 1. The summed E-state index contributed by atoms with van der Waals surface area (Å²) in [6.07, 6.45) is 0. The van der Waals surface area contributed by atoms with Gasteiger partial charge < -0.3 is 14.5 Å². The molecule has 7 heteroatoms. The van der Waals surface area contributed by atoms with E-state index in [1.54, 1.807) is 13.2 Å². The van der Waals surface area contributed by atoms with E-state index in [0.29, 0.717) is 40.3 Å². The van der Waals surface area contributed by atoms with E-state index in [4.69, 9.17) is 39.5 Å². The first-order chi connectivity index (χ1) is 15.4. The number of piperazine rings is 1. The van der Waals surface area contributed by atoms with Gasteiger partial charge in [0.1, 0.15) is 5.75 Å². The molecule has 0 bridgehead atoms. The molecule has 1 amide bonds. The molecule has 1 atom stereocenters. The van der Waals surface area contributed by atoms with E-state index in [1.807, 2.05) is 66.4 Å². The Labute approximate surface area is 203 Å². The number of hydrogen-bond acceptors (Lipinski definition) is 3. The van der Waals surface area contributed by atoms with Crippen LogP contribution in [-0.2, 0) is 0 Å². The van der Waals surface area contributed by atoms with Crippen LogP contribution in [0.4, 0.5) is 5.69 Å². The first kappa shape index (κ1) is 22.8. The second kappa shape index (κ2) is 9.62. The summed E-state index contributed by atoms with van der Waals surface area (Å²) < 4.78 is 5.28. The lowest BCUT2D eigenvalue weighted by Crippen LogP contribution is -2.50. The first-order valence-electron chi connectivity index (χ1n) is 10.3. The third kappa shape index (κ3) is 4.68. The summed E-state index contributed by atoms with van der Waals surface area (Å²) in [7, 11) is 1.62. The maximum absolute atomic E-state index is 13.4. The molecular weight excluding hydrogens is 467 g/mol. The Morgan fingerprint density at radius 2 is 1.66 bits per heavy atom. The molecule has 0 aromatic heterocycles. The predicted octanol–water partition coefficient (Wildman–Crippen LogP) is 6.67. The topological polar surface area (TPSA) is 32.8 Å². The average molecular weight is 490 g/mol. The molecule has 0 radical (unpaired) electrons. The zero-order chi connectivity index (χ0) is 22.8. The van der Waals surface area contributed by atoms with Crippen LogP contribution in [0, 0.1) is 6.92 Å². The van der Waals surface area contributed by atoms with Crippen LogP contribution in [-0.4, -0.2) is 37.6 Å². The number of benzene rings is 3. The normalized spacial score (nSPS) is 16.2. The number of hydrogen-bond donors (Lipinski definition) is 0. The zero-order valence-electron chi connectivity index (χ0n) is 17.8. The number of halogens is 3. The minimum atomic E-state index is -0.0813. The number of ether oxygens (including phenoxy) is 1. The van der Waals surface area contributed by atoms with Gasteiger partial charge >= 0.3 is 0 Å². The van der Waals surface area contributed by atoms with Crippen LogP contribution < -0.4 is 9.64 Å². The number of anilines is 1. The maximum atomic E-state index is 13.4. The summed E-state index contributed by atoms with van der Waals surface area (Å²) in [6, 6.07) is 18.7. The highest BCUT2D eigenvalue weighted by atomic mass is 35.5. The Morgan fingerprint density at radius 3 is 2.31 bits per heavy atom. The van der Waals surface area contributed by atoms with E-state index >= 15 is 0 Å². The Balaban J connectivity index is 1.67. The van der Waals surface area contributed by atoms with Crippen LogP contribution in [0.25, 0.3) is 0 Å². The molecule has 0 saturated carbocycles. The summed E-state index contributed by atoms with van der Waals surface area (Å²) in [5, 5.41) is 1.84. The smallest absolute Gasteiger partial charge is 0.254 e. The molecule has 1 aliphatic rings. The van der Waals surface area contributed by atoms with Gasteiger partial charge in [0, 0.05) is 35.2 Å². The molecule has 0 N–H and O–H groups in total. The zero-order valence-corrected chi connectivity index (χ0v) is 20.1. The lowest BCUT2D eigenvalue weighted by atomic mass is 9.99. The van der Waals surface area contributed by atoms with Crippen LogP contribution in [0.2, 0.25) is 15.1 Å². The van der Waals surface area contributed by atoms with Crippen molar-refractivity contribution in [1.29, 1.82) is 0 Å². The van der Waals surface area contributed by atoms with Gasteiger partial charge in [-0.2, -0.15) is 0 Å². The monoisotopic (exact) mass is 488 g/mol. The van der Waals surface area contributed by atoms with Gasteiger partial charge in [-0.05, 0) is 66.6 Å². The molecule has 3 aromatic carbocycles. The van der Waals surface area contributed by atoms with Crippen molar-refractivity contribution < 1.29 is 9.53 Å². The largest absolute Gasteiger partial charge is 0.497 e. The van der Waals surface area contributed by atoms with E-state index in [1.165, 1.54) is 0 Å². The molecule has 0 spiro atoms. The van der Waals surface area contributed by atoms with Crippen molar-refractivity contribution in [2.45, 2.75) is 13.0 Å². The summed E-state index contributed by atoms with van der Waals surface area (Å²) in [5.74, 6) is 0.742. The van der Waals surface area contributed by atoms with E-state index in [-0.39, 0.29) is 11.9 Å². The lowest BCUT2D eigenvalue weighted by molar-refractivity contribution is 0.0721. The maximum Gasteiger partial charge on any atom is 0.254 e. The van der Waals surface area contributed by atoms with Crippen molar-refractivity contribution in [2.75, 3.05) is 31.6 Å². The van der Waals surface area contributed by atoms with E-state index in [9.17, 15) is 4.79 Å². The second-order valence-electron chi connectivity index (χ2n) is 7.79. The quantitative estimate of drug-likeness (QED) is 0.410. The number of methoxy groups -OCH3 is 1. The van der Waals surface area contributed by atoms with E-state index in [0.717, 1.165) is 22.6 Å². The van der Waals surface area contributed by atoms with Crippen molar-refractivity contribution in [1.82, 2.24) is 4.90 Å². The second-order valence-corrected chi connectivity index (χ2v) is 9.07. The SMILES string of the molecule is COc1ccc(C(=O)N2CCN(c3ccc(Cl)cc3Cl)C(c3ccc(Cl)cc3)C2)c(C)c1. The van der Waals surface area contributed by atoms with Gasteiger partial charge in [-0.3, -0.25) is 4.79 Å². The highest BCUT2D eigenvalue weighted by Gasteiger charge is 2.32. The number of aryl methyl sites for hydroxylation is 1. The van der Waals surface area contributed by atoms with Gasteiger partial charge in [0.15, 0.2) is 0 Å². The lowest BCUT2D eigenvalue weighted by Gasteiger charge is -2.43. The van der Waals surface area contributed by atoms with Crippen molar-refractivity contribution in [3.05, 3.63) is 92.4 Å². The minimum absolute atomic E-state index is 0.00553. The predicted molar refractivity (Wildman–Crippen MR) is 132 cm³/mol. The summed E-state index contributed by atoms with van der Waals surface area (Å²) >= 11 is 18.8. The van der Waals surface area contributed by atoms with Gasteiger partial charge in [-0.1, -0.05) is 46.9 Å². The van der Waals surface area contributed by atoms with Gasteiger partial charge in [-0.15, -0.1) is 0 Å². The Kier molecular flexibility index (Phi) is 6.85. The molecule has 1 heterocycles. The number of carbonyl (C=O) groups excluding carboxylic acids is 1. The highest BCUT2D eigenvalue weighted by molar-refractivity contribution is 6.36. The molecule has 4 nitrogen and oxygen atoms in total. The van der Waals surface area contributed by atoms with Gasteiger partial charge in [0.25, 0.3) is 5.91 Å². The van der Waals surface area contributed by atoms with Crippen LogP contribution in [0.3, 0.4) is 0 Å². The fourth-order valence-electron chi connectivity index (χ4n) is 4.11.